The molecule has 0 amide bonds. The first-order chi connectivity index (χ1) is 13.2. The minimum absolute atomic E-state index is 0.535. The molecule has 4 aromatic rings. The van der Waals surface area contributed by atoms with Crippen molar-refractivity contribution in [3.05, 3.63) is 54.4 Å². The first-order valence-electron chi connectivity index (χ1n) is 8.32. The van der Waals surface area contributed by atoms with Crippen LogP contribution in [-0.4, -0.2) is 44.4 Å². The van der Waals surface area contributed by atoms with Crippen LogP contribution in [-0.2, 0) is 0 Å². The summed E-state index contributed by atoms with van der Waals surface area (Å²) in [7, 11) is 3.27. The fourth-order valence-corrected chi connectivity index (χ4v) is 3.05. The van der Waals surface area contributed by atoms with E-state index in [1.165, 1.54) is 0 Å². The van der Waals surface area contributed by atoms with Gasteiger partial charge in [-0.3, -0.25) is 4.57 Å². The second-order valence-electron chi connectivity index (χ2n) is 5.90. The molecule has 8 heteroatoms. The van der Waals surface area contributed by atoms with Crippen LogP contribution in [0.15, 0.2) is 48.8 Å². The monoisotopic (exact) mass is 362 g/mol. The molecule has 27 heavy (non-hydrogen) atoms. The maximum absolute atomic E-state index is 5.55. The summed E-state index contributed by atoms with van der Waals surface area (Å²) in [5.74, 6) is 2.63. The van der Waals surface area contributed by atoms with Gasteiger partial charge in [0.15, 0.2) is 5.82 Å². The highest BCUT2D eigenvalue weighted by Gasteiger charge is 2.19. The highest BCUT2D eigenvalue weighted by molar-refractivity contribution is 5.74. The molecule has 0 saturated carbocycles. The van der Waals surface area contributed by atoms with Crippen molar-refractivity contribution in [1.29, 1.82) is 0 Å². The predicted octanol–water partition coefficient (Wildman–Crippen LogP) is 3.05. The van der Waals surface area contributed by atoms with Crippen molar-refractivity contribution in [3.63, 3.8) is 0 Å². The number of aryl methyl sites for hydroxylation is 1. The SMILES string of the molecule is COc1cccc(OC)c1-c1nccn1-c1cc(-c2nn[nH]n2)ccc1C. The zero-order valence-corrected chi connectivity index (χ0v) is 15.2. The number of nitrogens with one attached hydrogen (secondary N) is 1. The van der Waals surface area contributed by atoms with Gasteiger partial charge in [-0.1, -0.05) is 18.2 Å². The molecule has 0 spiro atoms. The smallest absolute Gasteiger partial charge is 0.204 e. The average molecular weight is 362 g/mol. The topological polar surface area (TPSA) is 90.7 Å². The van der Waals surface area contributed by atoms with E-state index < -0.39 is 0 Å². The molecule has 0 radical (unpaired) electrons. The highest BCUT2D eigenvalue weighted by atomic mass is 16.5. The zero-order chi connectivity index (χ0) is 18.8. The quantitative estimate of drug-likeness (QED) is 0.587. The lowest BCUT2D eigenvalue weighted by molar-refractivity contribution is 0.396. The molecule has 0 aliphatic rings. The van der Waals surface area contributed by atoms with Gasteiger partial charge < -0.3 is 9.47 Å². The standard InChI is InChI=1S/C19H18N6O2/c1-12-7-8-13(18-21-23-24-22-18)11-14(12)25-10-9-20-19(25)17-15(26-2)5-4-6-16(17)27-3/h4-11H,1-3H3,(H,21,22,23,24). The van der Waals surface area contributed by atoms with Gasteiger partial charge in [0.05, 0.1) is 19.9 Å². The molecule has 0 bridgehead atoms. The Morgan fingerprint density at radius 2 is 1.81 bits per heavy atom. The molecular formula is C19H18N6O2. The number of H-pyrrole nitrogens is 1. The van der Waals surface area contributed by atoms with Gasteiger partial charge in [0.25, 0.3) is 0 Å². The Morgan fingerprint density at radius 3 is 2.48 bits per heavy atom. The molecular weight excluding hydrogens is 344 g/mol. The summed E-state index contributed by atoms with van der Waals surface area (Å²) in [6.45, 7) is 2.04. The number of aromatic amines is 1. The van der Waals surface area contributed by atoms with Crippen molar-refractivity contribution in [3.8, 4) is 40.0 Å². The highest BCUT2D eigenvalue weighted by Crippen LogP contribution is 2.38. The predicted molar refractivity (Wildman–Crippen MR) is 100 cm³/mol. The third kappa shape index (κ3) is 2.91. The van der Waals surface area contributed by atoms with Gasteiger partial charge in [0.2, 0.25) is 5.82 Å². The van der Waals surface area contributed by atoms with Crippen LogP contribution in [0.3, 0.4) is 0 Å². The Bertz CT molecular complexity index is 1050. The first kappa shape index (κ1) is 16.8. The maximum atomic E-state index is 5.55. The lowest BCUT2D eigenvalue weighted by atomic mass is 10.1. The summed E-state index contributed by atoms with van der Waals surface area (Å²) < 4.78 is 13.1. The van der Waals surface area contributed by atoms with Crippen LogP contribution in [0.25, 0.3) is 28.5 Å². The van der Waals surface area contributed by atoms with Crippen LogP contribution in [0, 0.1) is 6.92 Å². The molecule has 0 atom stereocenters. The van der Waals surface area contributed by atoms with Crippen LogP contribution >= 0.6 is 0 Å². The van der Waals surface area contributed by atoms with Crippen molar-refractivity contribution in [1.82, 2.24) is 30.2 Å². The van der Waals surface area contributed by atoms with Gasteiger partial charge >= 0.3 is 0 Å². The number of aromatic nitrogens is 6. The maximum Gasteiger partial charge on any atom is 0.204 e. The Labute approximate surface area is 155 Å². The Morgan fingerprint density at radius 1 is 1.04 bits per heavy atom. The Hall–Kier alpha value is -3.68. The van der Waals surface area contributed by atoms with E-state index in [0.717, 1.165) is 28.2 Å². The largest absolute Gasteiger partial charge is 0.496 e. The zero-order valence-electron chi connectivity index (χ0n) is 15.2. The minimum atomic E-state index is 0.535. The number of ether oxygens (including phenoxy) is 2. The van der Waals surface area contributed by atoms with Crippen molar-refractivity contribution >= 4 is 0 Å². The van der Waals surface area contributed by atoms with E-state index in [1.807, 2.05) is 54.1 Å². The molecule has 0 unspecified atom stereocenters. The van der Waals surface area contributed by atoms with Gasteiger partial charge in [0, 0.05) is 18.0 Å². The van der Waals surface area contributed by atoms with Crippen LogP contribution in [0.4, 0.5) is 0 Å². The molecule has 1 N–H and O–H groups in total. The first-order valence-corrected chi connectivity index (χ1v) is 8.32. The van der Waals surface area contributed by atoms with Crippen molar-refractivity contribution in [2.75, 3.05) is 14.2 Å². The van der Waals surface area contributed by atoms with Gasteiger partial charge in [0.1, 0.15) is 17.1 Å². The summed E-state index contributed by atoms with van der Waals surface area (Å²) in [6.07, 6.45) is 3.66. The Balaban J connectivity index is 1.91. The molecule has 4 rings (SSSR count). The van der Waals surface area contributed by atoms with E-state index in [2.05, 4.69) is 25.6 Å². The lowest BCUT2D eigenvalue weighted by Crippen LogP contribution is -2.02. The summed E-state index contributed by atoms with van der Waals surface area (Å²) in [5.41, 5.74) is 3.68. The van der Waals surface area contributed by atoms with Crippen molar-refractivity contribution < 1.29 is 9.47 Å². The number of imidazole rings is 1. The average Bonchev–Trinajstić information content (AvgIpc) is 3.39. The van der Waals surface area contributed by atoms with Crippen LogP contribution < -0.4 is 9.47 Å². The molecule has 2 aromatic heterocycles. The molecule has 0 fully saturated rings. The van der Waals surface area contributed by atoms with Crippen LogP contribution in [0.2, 0.25) is 0 Å². The number of nitrogens with zero attached hydrogens (tertiary/aromatic N) is 5. The van der Waals surface area contributed by atoms with E-state index in [1.54, 1.807) is 20.4 Å². The van der Waals surface area contributed by atoms with Gasteiger partial charge in [-0.25, -0.2) is 4.98 Å². The number of hydrogen-bond donors (Lipinski definition) is 1. The Kier molecular flexibility index (Phi) is 4.29. The third-order valence-electron chi connectivity index (χ3n) is 4.36. The summed E-state index contributed by atoms with van der Waals surface area (Å²) >= 11 is 0. The van der Waals surface area contributed by atoms with Gasteiger partial charge in [-0.05, 0) is 35.9 Å². The van der Waals surface area contributed by atoms with Gasteiger partial charge in [-0.15, -0.1) is 10.2 Å². The number of rotatable bonds is 5. The normalized spacial score (nSPS) is 10.8. The number of methoxy groups -OCH3 is 2. The molecule has 0 aliphatic heterocycles. The van der Waals surface area contributed by atoms with E-state index >= 15 is 0 Å². The molecule has 8 nitrogen and oxygen atoms in total. The summed E-state index contributed by atoms with van der Waals surface area (Å²) in [4.78, 5) is 4.57. The molecule has 2 aromatic carbocycles. The number of benzene rings is 2. The molecule has 2 heterocycles. The summed E-state index contributed by atoms with van der Waals surface area (Å²) in [6, 6.07) is 11.6. The van der Waals surface area contributed by atoms with Crippen molar-refractivity contribution in [2.24, 2.45) is 0 Å². The molecule has 0 aliphatic carbocycles. The molecule has 136 valence electrons. The summed E-state index contributed by atoms with van der Waals surface area (Å²) in [5, 5.41) is 14.2. The van der Waals surface area contributed by atoms with E-state index in [9.17, 15) is 0 Å². The van der Waals surface area contributed by atoms with E-state index in [0.29, 0.717) is 17.3 Å². The van der Waals surface area contributed by atoms with E-state index in [-0.39, 0.29) is 0 Å². The number of tetrazole rings is 1. The second-order valence-corrected chi connectivity index (χ2v) is 5.90. The minimum Gasteiger partial charge on any atom is -0.496 e. The fraction of sp³-hybridized carbons (Fsp3) is 0.158. The lowest BCUT2D eigenvalue weighted by Gasteiger charge is -2.16. The molecule has 0 saturated heterocycles. The third-order valence-corrected chi connectivity index (χ3v) is 4.36. The van der Waals surface area contributed by atoms with Gasteiger partial charge in [-0.2, -0.15) is 5.21 Å². The van der Waals surface area contributed by atoms with Crippen LogP contribution in [0.5, 0.6) is 11.5 Å². The van der Waals surface area contributed by atoms with Crippen LogP contribution in [0.1, 0.15) is 5.56 Å². The second kappa shape index (κ2) is 6.91. The van der Waals surface area contributed by atoms with E-state index in [4.69, 9.17) is 9.47 Å². The number of hydrogen-bond acceptors (Lipinski definition) is 6. The fourth-order valence-electron chi connectivity index (χ4n) is 3.05. The van der Waals surface area contributed by atoms with Crippen molar-refractivity contribution in [2.45, 2.75) is 6.92 Å².